The molecule has 2 aromatic rings. The first kappa shape index (κ1) is 22.6. The van der Waals surface area contributed by atoms with Crippen molar-refractivity contribution in [2.45, 2.75) is 20.3 Å². The Kier molecular flexibility index (Phi) is 7.36. The third-order valence-electron chi connectivity index (χ3n) is 5.12. The number of nitrogens with zero attached hydrogens (tertiary/aromatic N) is 3. The van der Waals surface area contributed by atoms with Gasteiger partial charge in [0.1, 0.15) is 0 Å². The van der Waals surface area contributed by atoms with Gasteiger partial charge in [-0.3, -0.25) is 9.59 Å². The number of thioether (sulfide) groups is 1. The van der Waals surface area contributed by atoms with Gasteiger partial charge in [0.25, 0.3) is 5.91 Å². The fourth-order valence-corrected chi connectivity index (χ4v) is 5.58. The number of methoxy groups -OCH3 is 1. The van der Waals surface area contributed by atoms with Crippen molar-refractivity contribution >= 4 is 51.1 Å². The van der Waals surface area contributed by atoms with E-state index in [0.29, 0.717) is 28.0 Å². The molecule has 2 unspecified atom stereocenters. The highest BCUT2D eigenvalue weighted by atomic mass is 32.2. The van der Waals surface area contributed by atoms with Gasteiger partial charge < -0.3 is 14.2 Å². The number of thiazole rings is 1. The van der Waals surface area contributed by atoms with Gasteiger partial charge in [-0.2, -0.15) is 4.99 Å². The summed E-state index contributed by atoms with van der Waals surface area (Å²) in [6.07, 6.45) is 1.15. The molecule has 0 spiro atoms. The monoisotopic (exact) mass is 449 g/mol. The van der Waals surface area contributed by atoms with E-state index >= 15 is 0 Å². The number of ether oxygens (including phenoxy) is 1. The Labute approximate surface area is 184 Å². The van der Waals surface area contributed by atoms with Gasteiger partial charge >= 0.3 is 5.97 Å². The molecule has 0 radical (unpaired) electrons. The molecule has 0 N–H and O–H groups in total. The van der Waals surface area contributed by atoms with E-state index < -0.39 is 5.97 Å². The molecular formula is C21H27N3O4S2. The van der Waals surface area contributed by atoms with Gasteiger partial charge in [-0.25, -0.2) is 4.79 Å². The summed E-state index contributed by atoms with van der Waals surface area (Å²) in [6, 6.07) is 5.25. The lowest BCUT2D eigenvalue weighted by atomic mass is 9.92. The minimum atomic E-state index is -0.402. The van der Waals surface area contributed by atoms with Crippen LogP contribution in [0.15, 0.2) is 23.2 Å². The predicted octanol–water partition coefficient (Wildman–Crippen LogP) is 2.69. The van der Waals surface area contributed by atoms with Gasteiger partial charge in [0.15, 0.2) is 4.80 Å². The van der Waals surface area contributed by atoms with Crippen molar-refractivity contribution in [3.8, 4) is 0 Å². The van der Waals surface area contributed by atoms with Crippen LogP contribution >= 0.6 is 23.1 Å². The smallest absolute Gasteiger partial charge is 0.337 e. The maximum atomic E-state index is 12.4. The summed E-state index contributed by atoms with van der Waals surface area (Å²) in [7, 11) is 3.17. The first-order valence-corrected chi connectivity index (χ1v) is 11.9. The number of carbonyl (C=O) groups is 3. The molecule has 0 bridgehead atoms. The summed E-state index contributed by atoms with van der Waals surface area (Å²) in [6.45, 7) is 5.94. The Bertz CT molecular complexity index is 1020. The van der Waals surface area contributed by atoms with Crippen molar-refractivity contribution < 1.29 is 19.1 Å². The minimum absolute atomic E-state index is 0.0916. The number of piperidine rings is 1. The van der Waals surface area contributed by atoms with E-state index in [1.165, 1.54) is 30.2 Å². The maximum Gasteiger partial charge on any atom is 0.337 e. The molecule has 0 aliphatic carbocycles. The number of likely N-dealkylation sites (tertiary alicyclic amines) is 1. The number of benzene rings is 1. The Balaban J connectivity index is 1.62. The summed E-state index contributed by atoms with van der Waals surface area (Å²) < 4.78 is 7.43. The number of amides is 2. The average Bonchev–Trinajstić information content (AvgIpc) is 3.01. The number of fused-ring (bicyclic) bond motifs is 1. The number of aromatic nitrogens is 1. The van der Waals surface area contributed by atoms with E-state index in [1.807, 2.05) is 22.6 Å². The second-order valence-corrected chi connectivity index (χ2v) is 9.86. The van der Waals surface area contributed by atoms with E-state index in [2.05, 4.69) is 18.8 Å². The maximum absolute atomic E-state index is 12.4. The molecule has 162 valence electrons. The van der Waals surface area contributed by atoms with Gasteiger partial charge in [0.2, 0.25) is 5.91 Å². The molecule has 7 nitrogen and oxygen atoms in total. The van der Waals surface area contributed by atoms with Gasteiger partial charge in [-0.1, -0.05) is 25.2 Å². The number of esters is 1. The Hall–Kier alpha value is -2.13. The summed E-state index contributed by atoms with van der Waals surface area (Å²) >= 11 is 2.65. The van der Waals surface area contributed by atoms with Crippen LogP contribution in [0, 0.1) is 11.8 Å². The fraction of sp³-hybridized carbons (Fsp3) is 0.524. The summed E-state index contributed by atoms with van der Waals surface area (Å²) in [5, 5.41) is 0. The van der Waals surface area contributed by atoms with Crippen molar-refractivity contribution in [2.75, 3.05) is 31.7 Å². The SMILES string of the molecule is COC(=O)c1ccc2c(c1)sc(=NC(=O)CSCC(=O)N1CC(C)CC(C)C1)n2C. The first-order valence-electron chi connectivity index (χ1n) is 9.89. The lowest BCUT2D eigenvalue weighted by Gasteiger charge is -2.35. The van der Waals surface area contributed by atoms with Crippen LogP contribution in [-0.2, 0) is 21.4 Å². The normalized spacial score (nSPS) is 19.9. The predicted molar refractivity (Wildman–Crippen MR) is 120 cm³/mol. The highest BCUT2D eigenvalue weighted by Gasteiger charge is 2.25. The van der Waals surface area contributed by atoms with Gasteiger partial charge in [-0.05, 0) is 36.5 Å². The molecule has 1 aromatic carbocycles. The van der Waals surface area contributed by atoms with Crippen LogP contribution < -0.4 is 4.80 Å². The lowest BCUT2D eigenvalue weighted by molar-refractivity contribution is -0.130. The zero-order chi connectivity index (χ0) is 21.8. The molecule has 2 heterocycles. The highest BCUT2D eigenvalue weighted by Crippen LogP contribution is 2.22. The Morgan fingerprint density at radius 1 is 1.20 bits per heavy atom. The molecule has 0 saturated carbocycles. The molecule has 1 aliphatic heterocycles. The van der Waals surface area contributed by atoms with Crippen LogP contribution in [0.4, 0.5) is 0 Å². The quantitative estimate of drug-likeness (QED) is 0.656. The van der Waals surface area contributed by atoms with E-state index in [4.69, 9.17) is 4.74 Å². The number of carbonyl (C=O) groups excluding carboxylic acids is 3. The number of hydrogen-bond donors (Lipinski definition) is 0. The fourth-order valence-electron chi connectivity index (χ4n) is 3.81. The van der Waals surface area contributed by atoms with E-state index in [1.54, 1.807) is 12.1 Å². The van der Waals surface area contributed by atoms with E-state index in [9.17, 15) is 14.4 Å². The highest BCUT2D eigenvalue weighted by molar-refractivity contribution is 8.00. The van der Waals surface area contributed by atoms with E-state index in [-0.39, 0.29) is 17.6 Å². The zero-order valence-electron chi connectivity index (χ0n) is 17.7. The summed E-state index contributed by atoms with van der Waals surface area (Å²) in [5.41, 5.74) is 1.34. The second kappa shape index (κ2) is 9.78. The summed E-state index contributed by atoms with van der Waals surface area (Å²) in [5.74, 6) is 0.909. The number of aryl methyl sites for hydroxylation is 1. The molecule has 2 atom stereocenters. The first-order chi connectivity index (χ1) is 14.3. The van der Waals surface area contributed by atoms with Crippen molar-refractivity contribution in [1.29, 1.82) is 0 Å². The molecule has 1 saturated heterocycles. The van der Waals surface area contributed by atoms with Crippen molar-refractivity contribution in [2.24, 2.45) is 23.9 Å². The van der Waals surface area contributed by atoms with Crippen LogP contribution in [0.1, 0.15) is 30.6 Å². The van der Waals surface area contributed by atoms with Crippen LogP contribution in [0.2, 0.25) is 0 Å². The standard InChI is InChI=1S/C21H27N3O4S2/c1-13-7-14(2)10-24(9-13)19(26)12-29-11-18(25)22-21-23(3)16-6-5-15(20(27)28-4)8-17(16)30-21/h5-6,8,13-14H,7,9-12H2,1-4H3. The van der Waals surface area contributed by atoms with Crippen LogP contribution in [0.3, 0.4) is 0 Å². The Morgan fingerprint density at radius 2 is 1.90 bits per heavy atom. The van der Waals surface area contributed by atoms with Crippen LogP contribution in [0.25, 0.3) is 10.2 Å². The molecule has 1 aromatic heterocycles. The minimum Gasteiger partial charge on any atom is -0.465 e. The van der Waals surface area contributed by atoms with Crippen molar-refractivity contribution in [3.63, 3.8) is 0 Å². The zero-order valence-corrected chi connectivity index (χ0v) is 19.3. The van der Waals surface area contributed by atoms with Gasteiger partial charge in [0.05, 0.1) is 34.4 Å². The molecule has 2 amide bonds. The molecule has 1 aliphatic rings. The summed E-state index contributed by atoms with van der Waals surface area (Å²) in [4.78, 5) is 43.2. The third-order valence-corrected chi connectivity index (χ3v) is 7.12. The number of rotatable bonds is 5. The molecular weight excluding hydrogens is 422 g/mol. The van der Waals surface area contributed by atoms with Crippen LogP contribution in [-0.4, -0.2) is 59.0 Å². The molecule has 3 rings (SSSR count). The van der Waals surface area contributed by atoms with Crippen LogP contribution in [0.5, 0.6) is 0 Å². The number of hydrogen-bond acceptors (Lipinski definition) is 6. The van der Waals surface area contributed by atoms with Crippen molar-refractivity contribution in [1.82, 2.24) is 9.47 Å². The molecule has 30 heavy (non-hydrogen) atoms. The second-order valence-electron chi connectivity index (χ2n) is 7.86. The van der Waals surface area contributed by atoms with E-state index in [0.717, 1.165) is 29.7 Å². The lowest BCUT2D eigenvalue weighted by Crippen LogP contribution is -2.43. The Morgan fingerprint density at radius 3 is 2.57 bits per heavy atom. The molecule has 9 heteroatoms. The largest absolute Gasteiger partial charge is 0.465 e. The van der Waals surface area contributed by atoms with Crippen molar-refractivity contribution in [3.05, 3.63) is 28.6 Å². The van der Waals surface area contributed by atoms with Gasteiger partial charge in [-0.15, -0.1) is 11.8 Å². The third kappa shape index (κ3) is 5.31. The topological polar surface area (TPSA) is 81.0 Å². The average molecular weight is 450 g/mol. The molecule has 1 fully saturated rings. The van der Waals surface area contributed by atoms with Gasteiger partial charge in [0, 0.05) is 20.1 Å².